The van der Waals surface area contributed by atoms with Gasteiger partial charge in [0.2, 0.25) is 0 Å². The van der Waals surface area contributed by atoms with Gasteiger partial charge in [0.15, 0.2) is 0 Å². The molecule has 0 amide bonds. The van der Waals surface area contributed by atoms with Crippen molar-refractivity contribution < 1.29 is 9.90 Å². The zero-order chi connectivity index (χ0) is 15.8. The molecule has 1 rings (SSSR count). The first-order valence-corrected chi connectivity index (χ1v) is 8.23. The fraction of sp³-hybridized carbons (Fsp3) is 0.588. The summed E-state index contributed by atoms with van der Waals surface area (Å²) in [5.74, 6) is -0.880. The molecule has 21 heavy (non-hydrogen) atoms. The van der Waals surface area contributed by atoms with E-state index in [2.05, 4.69) is 18.7 Å². The van der Waals surface area contributed by atoms with Gasteiger partial charge in [0.25, 0.3) is 0 Å². The molecule has 0 atom stereocenters. The molecule has 1 aromatic carbocycles. The number of unbranched alkanes of at least 4 members (excludes halogenated alkanes) is 2. The summed E-state index contributed by atoms with van der Waals surface area (Å²) in [4.78, 5) is 13.8. The highest BCUT2D eigenvalue weighted by molar-refractivity contribution is 6.31. The van der Waals surface area contributed by atoms with Gasteiger partial charge >= 0.3 is 5.97 Å². The molecule has 3 nitrogen and oxygen atoms in total. The molecule has 0 radical (unpaired) electrons. The lowest BCUT2D eigenvalue weighted by Crippen LogP contribution is -2.27. The van der Waals surface area contributed by atoms with E-state index in [-0.39, 0.29) is 0 Å². The fourth-order valence-corrected chi connectivity index (χ4v) is 2.65. The van der Waals surface area contributed by atoms with Crippen LogP contribution in [0.5, 0.6) is 0 Å². The van der Waals surface area contributed by atoms with Crippen LogP contribution in [-0.2, 0) is 6.42 Å². The van der Waals surface area contributed by atoms with Crippen molar-refractivity contribution in [1.82, 2.24) is 0 Å². The number of halogens is 1. The number of benzene rings is 1. The molecular weight excluding hydrogens is 286 g/mol. The number of carboxylic acid groups (broad SMARTS) is 1. The lowest BCUT2D eigenvalue weighted by molar-refractivity contribution is 0.0697. The number of hydrogen-bond acceptors (Lipinski definition) is 2. The van der Waals surface area contributed by atoms with Crippen LogP contribution < -0.4 is 4.90 Å². The molecule has 0 aliphatic rings. The Morgan fingerprint density at radius 2 is 1.71 bits per heavy atom. The minimum absolute atomic E-state index is 0.364. The normalized spacial score (nSPS) is 10.7. The second kappa shape index (κ2) is 8.93. The summed E-state index contributed by atoms with van der Waals surface area (Å²) in [6, 6.07) is 3.56. The van der Waals surface area contributed by atoms with E-state index in [1.165, 1.54) is 0 Å². The van der Waals surface area contributed by atoms with E-state index in [0.717, 1.165) is 56.4 Å². The Labute approximate surface area is 132 Å². The topological polar surface area (TPSA) is 40.5 Å². The minimum atomic E-state index is -0.880. The van der Waals surface area contributed by atoms with E-state index in [0.29, 0.717) is 10.6 Å². The molecule has 0 aromatic heterocycles. The molecule has 0 fully saturated rings. The van der Waals surface area contributed by atoms with E-state index < -0.39 is 5.97 Å². The third kappa shape index (κ3) is 4.92. The predicted octanol–water partition coefficient (Wildman–Crippen LogP) is 5.01. The van der Waals surface area contributed by atoms with Gasteiger partial charge < -0.3 is 10.0 Å². The largest absolute Gasteiger partial charge is 0.478 e. The molecule has 1 N–H and O–H groups in total. The maximum atomic E-state index is 11.6. The number of aromatic carboxylic acids is 1. The van der Waals surface area contributed by atoms with E-state index in [1.54, 1.807) is 6.07 Å². The second-order valence-electron chi connectivity index (χ2n) is 5.31. The maximum absolute atomic E-state index is 11.6. The Bertz CT molecular complexity index is 466. The van der Waals surface area contributed by atoms with Crippen LogP contribution in [0.2, 0.25) is 5.02 Å². The lowest BCUT2D eigenvalue weighted by atomic mass is 10.0. The molecular formula is C17H26ClNO2. The van der Waals surface area contributed by atoms with E-state index in [9.17, 15) is 9.90 Å². The van der Waals surface area contributed by atoms with Gasteiger partial charge in [-0.05, 0) is 37.0 Å². The van der Waals surface area contributed by atoms with Gasteiger partial charge in [0.1, 0.15) is 0 Å². The number of aryl methyl sites for hydroxylation is 1. The Hall–Kier alpha value is -1.22. The summed E-state index contributed by atoms with van der Waals surface area (Å²) in [5, 5.41) is 10.2. The summed E-state index contributed by atoms with van der Waals surface area (Å²) in [6.07, 6.45) is 5.02. The van der Waals surface area contributed by atoms with Crippen molar-refractivity contribution in [2.75, 3.05) is 18.0 Å². The predicted molar refractivity (Wildman–Crippen MR) is 89.8 cm³/mol. The first kappa shape index (κ1) is 17.8. The highest BCUT2D eigenvalue weighted by Crippen LogP contribution is 2.29. The van der Waals surface area contributed by atoms with Gasteiger partial charge in [0, 0.05) is 18.1 Å². The highest BCUT2D eigenvalue weighted by atomic mass is 35.5. The Morgan fingerprint density at radius 1 is 1.14 bits per heavy atom. The molecule has 0 saturated heterocycles. The first-order valence-electron chi connectivity index (χ1n) is 7.85. The van der Waals surface area contributed by atoms with Gasteiger partial charge in [-0.1, -0.05) is 45.2 Å². The number of rotatable bonds is 9. The third-order valence-corrected chi connectivity index (χ3v) is 4.03. The van der Waals surface area contributed by atoms with Crippen molar-refractivity contribution >= 4 is 23.3 Å². The standard InChI is InChI=1S/C17H26ClNO2/c1-4-7-9-19(10-8-5-2)16-12-15(18)13(6-3)11-14(16)17(20)21/h11-12H,4-10H2,1-3H3,(H,20,21). The van der Waals surface area contributed by atoms with Crippen LogP contribution in [0.25, 0.3) is 0 Å². The average molecular weight is 312 g/mol. The second-order valence-corrected chi connectivity index (χ2v) is 5.72. The SMILES string of the molecule is CCCCN(CCCC)c1cc(Cl)c(CC)cc1C(=O)O. The van der Waals surface area contributed by atoms with Gasteiger partial charge in [-0.25, -0.2) is 4.79 Å². The average Bonchev–Trinajstić information content (AvgIpc) is 2.47. The number of carboxylic acids is 1. The molecule has 0 saturated carbocycles. The van der Waals surface area contributed by atoms with Gasteiger partial charge in [-0.3, -0.25) is 0 Å². The third-order valence-electron chi connectivity index (χ3n) is 3.68. The molecule has 0 aliphatic heterocycles. The smallest absolute Gasteiger partial charge is 0.337 e. The summed E-state index contributed by atoms with van der Waals surface area (Å²) in [7, 11) is 0. The van der Waals surface area contributed by atoms with Crippen molar-refractivity contribution in [2.24, 2.45) is 0 Å². The number of hydrogen-bond donors (Lipinski definition) is 1. The van der Waals surface area contributed by atoms with E-state index >= 15 is 0 Å². The minimum Gasteiger partial charge on any atom is -0.478 e. The molecule has 0 unspecified atom stereocenters. The number of anilines is 1. The van der Waals surface area contributed by atoms with Crippen molar-refractivity contribution in [3.63, 3.8) is 0 Å². The van der Waals surface area contributed by atoms with Crippen molar-refractivity contribution in [3.8, 4) is 0 Å². The summed E-state index contributed by atoms with van der Waals surface area (Å²) >= 11 is 6.30. The van der Waals surface area contributed by atoms with Gasteiger partial charge in [0.05, 0.1) is 11.3 Å². The zero-order valence-electron chi connectivity index (χ0n) is 13.3. The first-order chi connectivity index (χ1) is 10.0. The van der Waals surface area contributed by atoms with Crippen LogP contribution in [0.15, 0.2) is 12.1 Å². The van der Waals surface area contributed by atoms with Gasteiger partial charge in [-0.15, -0.1) is 0 Å². The van der Waals surface area contributed by atoms with Crippen molar-refractivity contribution in [2.45, 2.75) is 52.9 Å². The van der Waals surface area contributed by atoms with Crippen LogP contribution >= 0.6 is 11.6 Å². The molecule has 4 heteroatoms. The van der Waals surface area contributed by atoms with Crippen LogP contribution in [0.1, 0.15) is 62.4 Å². The molecule has 0 spiro atoms. The van der Waals surface area contributed by atoms with Crippen LogP contribution in [0.3, 0.4) is 0 Å². The monoisotopic (exact) mass is 311 g/mol. The molecule has 0 aliphatic carbocycles. The van der Waals surface area contributed by atoms with Crippen LogP contribution in [0.4, 0.5) is 5.69 Å². The molecule has 1 aromatic rings. The highest BCUT2D eigenvalue weighted by Gasteiger charge is 2.18. The summed E-state index contributed by atoms with van der Waals surface area (Å²) < 4.78 is 0. The zero-order valence-corrected chi connectivity index (χ0v) is 14.0. The fourth-order valence-electron chi connectivity index (χ4n) is 2.36. The molecule has 0 bridgehead atoms. The van der Waals surface area contributed by atoms with Gasteiger partial charge in [-0.2, -0.15) is 0 Å². The summed E-state index contributed by atoms with van der Waals surface area (Å²) in [5.41, 5.74) is 2.01. The maximum Gasteiger partial charge on any atom is 0.337 e. The Morgan fingerprint density at radius 3 is 2.14 bits per heavy atom. The Kier molecular flexibility index (Phi) is 7.58. The van der Waals surface area contributed by atoms with Crippen molar-refractivity contribution in [1.29, 1.82) is 0 Å². The van der Waals surface area contributed by atoms with Crippen LogP contribution in [-0.4, -0.2) is 24.2 Å². The lowest BCUT2D eigenvalue weighted by Gasteiger charge is -2.27. The summed E-state index contributed by atoms with van der Waals surface area (Å²) in [6.45, 7) is 8.02. The number of carbonyl (C=O) groups is 1. The quantitative estimate of drug-likeness (QED) is 0.697. The van der Waals surface area contributed by atoms with E-state index in [1.807, 2.05) is 13.0 Å². The van der Waals surface area contributed by atoms with E-state index in [4.69, 9.17) is 11.6 Å². The van der Waals surface area contributed by atoms with Crippen molar-refractivity contribution in [3.05, 3.63) is 28.3 Å². The molecule has 0 heterocycles. The van der Waals surface area contributed by atoms with Crippen LogP contribution in [0, 0.1) is 0 Å². The Balaban J connectivity index is 3.20. The molecule has 118 valence electrons. The number of nitrogens with zero attached hydrogens (tertiary/aromatic N) is 1.